The summed E-state index contributed by atoms with van der Waals surface area (Å²) in [6.45, 7) is 3.78. The highest BCUT2D eigenvalue weighted by molar-refractivity contribution is 5.84. The van der Waals surface area contributed by atoms with Crippen LogP contribution in [0.3, 0.4) is 0 Å². The Kier molecular flexibility index (Phi) is 2.30. The van der Waals surface area contributed by atoms with Crippen molar-refractivity contribution in [2.45, 2.75) is 20.0 Å². The quantitative estimate of drug-likeness (QED) is 0.787. The van der Waals surface area contributed by atoms with E-state index in [-0.39, 0.29) is 0 Å². The zero-order valence-corrected chi connectivity index (χ0v) is 8.32. The highest BCUT2D eigenvalue weighted by Crippen LogP contribution is 2.30. The van der Waals surface area contributed by atoms with Gasteiger partial charge in [-0.3, -0.25) is 0 Å². The van der Waals surface area contributed by atoms with Crippen LogP contribution in [-0.2, 0) is 0 Å². The molecule has 2 aromatic rings. The van der Waals surface area contributed by atoms with Gasteiger partial charge in [-0.15, -0.1) is 0 Å². The van der Waals surface area contributed by atoms with Crippen molar-refractivity contribution in [3.8, 4) is 0 Å². The molecule has 0 fully saturated rings. The molecule has 0 aliphatic rings. The third kappa shape index (κ3) is 1.42. The van der Waals surface area contributed by atoms with E-state index in [0.717, 1.165) is 16.7 Å². The Hall–Kier alpha value is -1.28. The smallest absolute Gasteiger partial charge is 0.140 e. The van der Waals surface area contributed by atoms with Gasteiger partial charge in [0.25, 0.3) is 0 Å². The molecule has 1 aromatic heterocycles. The molecule has 1 atom stereocenters. The predicted octanol–water partition coefficient (Wildman–Crippen LogP) is 3.08. The minimum Gasteiger partial charge on any atom is -0.465 e. The summed E-state index contributed by atoms with van der Waals surface area (Å²) >= 11 is 0. The van der Waals surface area contributed by atoms with Crippen molar-refractivity contribution < 1.29 is 9.52 Å². The molecule has 0 aliphatic heterocycles. The van der Waals surface area contributed by atoms with Gasteiger partial charge in [-0.1, -0.05) is 38.1 Å². The van der Waals surface area contributed by atoms with E-state index in [1.165, 1.54) is 0 Å². The monoisotopic (exact) mass is 189 g/mol. The molecule has 0 bridgehead atoms. The number of benzene rings is 1. The zero-order valence-electron chi connectivity index (χ0n) is 8.32. The number of aliphatic hydroxyl groups is 1. The standard InChI is InChI=1S/C12H13O2/c1-8(2)11(13)12-10-6-4-3-5-9(10)7-14-12/h3-7,11,13H,1-2H3. The lowest BCUT2D eigenvalue weighted by Gasteiger charge is -2.10. The van der Waals surface area contributed by atoms with Crippen molar-refractivity contribution in [1.82, 2.24) is 0 Å². The molecule has 1 aromatic carbocycles. The number of rotatable bonds is 2. The largest absolute Gasteiger partial charge is 0.465 e. The van der Waals surface area contributed by atoms with E-state index in [1.807, 2.05) is 38.1 Å². The van der Waals surface area contributed by atoms with Crippen LogP contribution in [0.1, 0.15) is 25.7 Å². The molecule has 14 heavy (non-hydrogen) atoms. The Bertz CT molecular complexity index is 429. The second-order valence-corrected chi connectivity index (χ2v) is 3.67. The Morgan fingerprint density at radius 3 is 2.71 bits per heavy atom. The molecule has 2 rings (SSSR count). The van der Waals surface area contributed by atoms with Crippen molar-refractivity contribution in [3.05, 3.63) is 42.2 Å². The Balaban J connectivity index is 2.53. The summed E-state index contributed by atoms with van der Waals surface area (Å²) in [6.07, 6.45) is 1.08. The summed E-state index contributed by atoms with van der Waals surface area (Å²) in [5.41, 5.74) is 0. The lowest BCUT2D eigenvalue weighted by molar-refractivity contribution is 0.166. The van der Waals surface area contributed by atoms with Gasteiger partial charge in [-0.2, -0.15) is 0 Å². The van der Waals surface area contributed by atoms with Crippen LogP contribution in [-0.4, -0.2) is 5.11 Å². The first-order valence-corrected chi connectivity index (χ1v) is 4.64. The van der Waals surface area contributed by atoms with Crippen LogP contribution in [0.25, 0.3) is 10.8 Å². The molecule has 1 heterocycles. The minimum absolute atomic E-state index is 0.602. The second-order valence-electron chi connectivity index (χ2n) is 3.67. The fraction of sp³-hybridized carbons (Fsp3) is 0.250. The predicted molar refractivity (Wildman–Crippen MR) is 55.8 cm³/mol. The van der Waals surface area contributed by atoms with E-state index >= 15 is 0 Å². The minimum atomic E-state index is -0.602. The van der Waals surface area contributed by atoms with Crippen molar-refractivity contribution in [1.29, 1.82) is 0 Å². The molecule has 2 nitrogen and oxygen atoms in total. The first-order chi connectivity index (χ1) is 6.70. The van der Waals surface area contributed by atoms with Gasteiger partial charge >= 0.3 is 0 Å². The summed E-state index contributed by atoms with van der Waals surface area (Å²) in [5.74, 6) is 1.57. The number of hydrogen-bond acceptors (Lipinski definition) is 2. The Morgan fingerprint density at radius 1 is 1.29 bits per heavy atom. The SMILES string of the molecule is C[C](C)C(O)c1occ2ccccc12. The van der Waals surface area contributed by atoms with E-state index in [4.69, 9.17) is 4.42 Å². The maximum Gasteiger partial charge on any atom is 0.140 e. The van der Waals surface area contributed by atoms with E-state index < -0.39 is 6.10 Å². The number of furan rings is 1. The lowest BCUT2D eigenvalue weighted by atomic mass is 10.0. The van der Waals surface area contributed by atoms with Gasteiger partial charge in [0.1, 0.15) is 11.9 Å². The van der Waals surface area contributed by atoms with E-state index in [9.17, 15) is 5.11 Å². The zero-order chi connectivity index (χ0) is 10.1. The topological polar surface area (TPSA) is 33.4 Å². The summed E-state index contributed by atoms with van der Waals surface area (Å²) in [6, 6.07) is 7.83. The van der Waals surface area contributed by atoms with Crippen molar-refractivity contribution in [3.63, 3.8) is 0 Å². The van der Waals surface area contributed by atoms with Crippen LogP contribution in [0.15, 0.2) is 34.9 Å². The van der Waals surface area contributed by atoms with Crippen LogP contribution in [0.4, 0.5) is 0 Å². The number of aliphatic hydroxyl groups excluding tert-OH is 1. The highest BCUT2D eigenvalue weighted by Gasteiger charge is 2.18. The summed E-state index contributed by atoms with van der Waals surface area (Å²) in [5, 5.41) is 11.9. The van der Waals surface area contributed by atoms with Gasteiger partial charge in [-0.05, 0) is 0 Å². The second kappa shape index (κ2) is 3.46. The molecule has 0 saturated heterocycles. The van der Waals surface area contributed by atoms with Gasteiger partial charge in [0.2, 0.25) is 0 Å². The van der Waals surface area contributed by atoms with E-state index in [0.29, 0.717) is 5.76 Å². The molecule has 0 spiro atoms. The maximum atomic E-state index is 9.85. The molecule has 2 heteroatoms. The Morgan fingerprint density at radius 2 is 2.00 bits per heavy atom. The summed E-state index contributed by atoms with van der Waals surface area (Å²) in [4.78, 5) is 0. The van der Waals surface area contributed by atoms with E-state index in [1.54, 1.807) is 6.26 Å². The molecular weight excluding hydrogens is 176 g/mol. The molecule has 1 unspecified atom stereocenters. The molecule has 1 radical (unpaired) electrons. The third-order valence-electron chi connectivity index (χ3n) is 2.33. The normalized spacial score (nSPS) is 13.7. The van der Waals surface area contributed by atoms with Crippen molar-refractivity contribution in [2.75, 3.05) is 0 Å². The molecule has 0 saturated carbocycles. The van der Waals surface area contributed by atoms with Crippen LogP contribution in [0.5, 0.6) is 0 Å². The van der Waals surface area contributed by atoms with Gasteiger partial charge < -0.3 is 9.52 Å². The first kappa shape index (κ1) is 9.28. The summed E-state index contributed by atoms with van der Waals surface area (Å²) < 4.78 is 5.37. The fourth-order valence-electron chi connectivity index (χ4n) is 1.49. The third-order valence-corrected chi connectivity index (χ3v) is 2.33. The van der Waals surface area contributed by atoms with Crippen molar-refractivity contribution >= 4 is 10.8 Å². The molecule has 0 aliphatic carbocycles. The number of fused-ring (bicyclic) bond motifs is 1. The van der Waals surface area contributed by atoms with Gasteiger partial charge in [0.15, 0.2) is 0 Å². The Labute approximate surface area is 83.2 Å². The van der Waals surface area contributed by atoms with Crippen LogP contribution in [0, 0.1) is 5.92 Å². The van der Waals surface area contributed by atoms with Crippen LogP contribution in [0.2, 0.25) is 0 Å². The molecule has 73 valence electrons. The number of hydrogen-bond donors (Lipinski definition) is 1. The average Bonchev–Trinajstić information content (AvgIpc) is 2.60. The lowest BCUT2D eigenvalue weighted by Crippen LogP contribution is -2.02. The molecule has 1 N–H and O–H groups in total. The van der Waals surface area contributed by atoms with Crippen LogP contribution >= 0.6 is 0 Å². The average molecular weight is 189 g/mol. The molecular formula is C12H13O2. The van der Waals surface area contributed by atoms with Gasteiger partial charge in [-0.25, -0.2) is 0 Å². The van der Waals surface area contributed by atoms with Gasteiger partial charge in [0, 0.05) is 16.7 Å². The van der Waals surface area contributed by atoms with Crippen LogP contribution < -0.4 is 0 Å². The maximum absolute atomic E-state index is 9.85. The first-order valence-electron chi connectivity index (χ1n) is 4.64. The van der Waals surface area contributed by atoms with E-state index in [2.05, 4.69) is 0 Å². The molecule has 0 amide bonds. The van der Waals surface area contributed by atoms with Gasteiger partial charge in [0.05, 0.1) is 6.26 Å². The fourth-order valence-corrected chi connectivity index (χ4v) is 1.49. The van der Waals surface area contributed by atoms with Crippen molar-refractivity contribution in [2.24, 2.45) is 0 Å². The summed E-state index contributed by atoms with van der Waals surface area (Å²) in [7, 11) is 0. The highest BCUT2D eigenvalue weighted by atomic mass is 16.4.